The number of nitro groups is 1. The van der Waals surface area contributed by atoms with Crippen LogP contribution in [0.1, 0.15) is 0 Å². The molecular formula is C13H11ClN4O3. The summed E-state index contributed by atoms with van der Waals surface area (Å²) in [7, 11) is 0. The summed E-state index contributed by atoms with van der Waals surface area (Å²) in [6, 6.07) is 9.32. The molecule has 0 aliphatic carbocycles. The minimum absolute atomic E-state index is 0.0703. The second-order valence-electron chi connectivity index (χ2n) is 3.92. The fourth-order valence-corrected chi connectivity index (χ4v) is 1.56. The summed E-state index contributed by atoms with van der Waals surface area (Å²) in [6.07, 6.45) is 1.42. The van der Waals surface area contributed by atoms with E-state index in [9.17, 15) is 10.1 Å². The van der Waals surface area contributed by atoms with Crippen molar-refractivity contribution in [2.24, 2.45) is 10.7 Å². The van der Waals surface area contributed by atoms with Gasteiger partial charge in [-0.1, -0.05) is 0 Å². The fourth-order valence-electron chi connectivity index (χ4n) is 1.50. The van der Waals surface area contributed by atoms with Crippen LogP contribution in [0, 0.1) is 10.1 Å². The van der Waals surface area contributed by atoms with Crippen LogP contribution < -0.4 is 10.5 Å². The van der Waals surface area contributed by atoms with Gasteiger partial charge in [-0.25, -0.2) is 9.98 Å². The Labute approximate surface area is 125 Å². The number of alkyl halides is 1. The lowest BCUT2D eigenvalue weighted by Crippen LogP contribution is -2.12. The van der Waals surface area contributed by atoms with Gasteiger partial charge in [-0.15, -0.1) is 11.6 Å². The van der Waals surface area contributed by atoms with Gasteiger partial charge in [0.25, 0.3) is 5.88 Å². The highest BCUT2D eigenvalue weighted by molar-refractivity contribution is 6.28. The van der Waals surface area contributed by atoms with Gasteiger partial charge >= 0.3 is 5.69 Å². The molecule has 2 N–H and O–H groups in total. The van der Waals surface area contributed by atoms with Crippen LogP contribution >= 0.6 is 11.6 Å². The van der Waals surface area contributed by atoms with E-state index in [1.54, 1.807) is 24.3 Å². The molecule has 0 radical (unpaired) electrons. The van der Waals surface area contributed by atoms with Crippen LogP contribution in [0.3, 0.4) is 0 Å². The summed E-state index contributed by atoms with van der Waals surface area (Å²) in [5.74, 6) is 0.767. The smallest absolute Gasteiger partial charge is 0.331 e. The molecule has 0 bridgehead atoms. The van der Waals surface area contributed by atoms with E-state index in [1.807, 2.05) is 0 Å². The lowest BCUT2D eigenvalue weighted by Gasteiger charge is -2.05. The molecule has 1 heterocycles. The van der Waals surface area contributed by atoms with E-state index < -0.39 is 4.92 Å². The average Bonchev–Trinajstić information content (AvgIpc) is 2.49. The first kappa shape index (κ1) is 14.7. The van der Waals surface area contributed by atoms with Crippen molar-refractivity contribution < 1.29 is 9.66 Å². The third kappa shape index (κ3) is 3.90. The second kappa shape index (κ2) is 6.67. The van der Waals surface area contributed by atoms with Gasteiger partial charge < -0.3 is 10.5 Å². The minimum Gasteiger partial charge on any atom is -0.434 e. The molecule has 7 nitrogen and oxygen atoms in total. The first-order valence-corrected chi connectivity index (χ1v) is 6.40. The molecule has 1 aromatic carbocycles. The number of rotatable bonds is 5. The number of halogens is 1. The van der Waals surface area contributed by atoms with Gasteiger partial charge in [-0.3, -0.25) is 10.1 Å². The number of hydrogen-bond donors (Lipinski definition) is 1. The molecular weight excluding hydrogens is 296 g/mol. The highest BCUT2D eigenvalue weighted by Crippen LogP contribution is 2.29. The van der Waals surface area contributed by atoms with Crippen LogP contribution in [-0.2, 0) is 0 Å². The highest BCUT2D eigenvalue weighted by atomic mass is 35.5. The third-order valence-corrected chi connectivity index (χ3v) is 2.68. The van der Waals surface area contributed by atoms with Gasteiger partial charge in [-0.2, -0.15) is 0 Å². The van der Waals surface area contributed by atoms with E-state index in [0.29, 0.717) is 17.3 Å². The molecule has 0 spiro atoms. The van der Waals surface area contributed by atoms with E-state index in [2.05, 4.69) is 9.98 Å². The van der Waals surface area contributed by atoms with Crippen LogP contribution in [0.4, 0.5) is 11.4 Å². The molecule has 0 aliphatic heterocycles. The van der Waals surface area contributed by atoms with Crippen LogP contribution in [0.25, 0.3) is 0 Å². The molecule has 0 saturated carbocycles. The molecule has 0 amide bonds. The fraction of sp³-hybridized carbons (Fsp3) is 0.0769. The standard InChI is InChI=1S/C13H11ClN4O3/c14-8-12(15)17-9-3-5-10(6-4-9)21-13-11(18(19)20)2-1-7-16-13/h1-7H,8H2,(H2,15,17). The predicted octanol–water partition coefficient (Wildman–Crippen LogP) is 3.01. The van der Waals surface area contributed by atoms with Crippen molar-refractivity contribution >= 4 is 28.8 Å². The Hall–Kier alpha value is -2.67. The number of aromatic nitrogens is 1. The molecule has 108 valence electrons. The minimum atomic E-state index is -0.553. The number of nitrogens with two attached hydrogens (primary N) is 1. The van der Waals surface area contributed by atoms with E-state index in [-0.39, 0.29) is 17.4 Å². The van der Waals surface area contributed by atoms with Crippen molar-refractivity contribution in [2.45, 2.75) is 0 Å². The zero-order chi connectivity index (χ0) is 15.2. The van der Waals surface area contributed by atoms with Gasteiger partial charge in [0.2, 0.25) is 0 Å². The summed E-state index contributed by atoms with van der Waals surface area (Å²) in [5, 5.41) is 10.9. The summed E-state index contributed by atoms with van der Waals surface area (Å²) in [4.78, 5) is 18.2. The van der Waals surface area contributed by atoms with Crippen LogP contribution in [0.15, 0.2) is 47.6 Å². The average molecular weight is 307 g/mol. The van der Waals surface area contributed by atoms with Crippen molar-refractivity contribution in [3.05, 3.63) is 52.7 Å². The van der Waals surface area contributed by atoms with E-state index in [1.165, 1.54) is 18.3 Å². The first-order chi connectivity index (χ1) is 10.1. The zero-order valence-electron chi connectivity index (χ0n) is 10.8. The van der Waals surface area contributed by atoms with E-state index in [4.69, 9.17) is 22.1 Å². The monoisotopic (exact) mass is 306 g/mol. The number of aliphatic imine (C=N–C) groups is 1. The van der Waals surface area contributed by atoms with Crippen LogP contribution in [0.5, 0.6) is 11.6 Å². The normalized spacial score (nSPS) is 11.2. The maximum atomic E-state index is 10.9. The van der Waals surface area contributed by atoms with Crippen molar-refractivity contribution in [1.29, 1.82) is 0 Å². The molecule has 2 rings (SSSR count). The molecule has 2 aromatic rings. The molecule has 0 fully saturated rings. The second-order valence-corrected chi connectivity index (χ2v) is 4.18. The summed E-state index contributed by atoms with van der Waals surface area (Å²) in [5.41, 5.74) is 5.93. The maximum Gasteiger partial charge on any atom is 0.331 e. The maximum absolute atomic E-state index is 10.9. The van der Waals surface area contributed by atoms with Gasteiger partial charge in [0, 0.05) is 12.3 Å². The topological polar surface area (TPSA) is 104 Å². The summed E-state index contributed by atoms with van der Waals surface area (Å²) >= 11 is 5.53. The Morgan fingerprint density at radius 3 is 2.71 bits per heavy atom. The van der Waals surface area contributed by atoms with Crippen molar-refractivity contribution in [1.82, 2.24) is 4.98 Å². The van der Waals surface area contributed by atoms with Gasteiger partial charge in [0.15, 0.2) is 0 Å². The molecule has 0 aliphatic rings. The summed E-state index contributed by atoms with van der Waals surface area (Å²) in [6.45, 7) is 0. The Morgan fingerprint density at radius 1 is 1.38 bits per heavy atom. The molecule has 21 heavy (non-hydrogen) atoms. The molecule has 1 aromatic heterocycles. The number of nitrogens with zero attached hydrogens (tertiary/aromatic N) is 3. The molecule has 0 atom stereocenters. The first-order valence-electron chi connectivity index (χ1n) is 5.86. The van der Waals surface area contributed by atoms with E-state index >= 15 is 0 Å². The van der Waals surface area contributed by atoms with Gasteiger partial charge in [-0.05, 0) is 30.3 Å². The third-order valence-electron chi connectivity index (χ3n) is 2.41. The van der Waals surface area contributed by atoms with Crippen LogP contribution in [0.2, 0.25) is 0 Å². The lowest BCUT2D eigenvalue weighted by molar-refractivity contribution is -0.386. The number of benzene rings is 1. The number of ether oxygens (including phenoxy) is 1. The van der Waals surface area contributed by atoms with Gasteiger partial charge in [0.1, 0.15) is 11.6 Å². The van der Waals surface area contributed by atoms with Gasteiger partial charge in [0.05, 0.1) is 16.5 Å². The van der Waals surface area contributed by atoms with Crippen molar-refractivity contribution in [3.63, 3.8) is 0 Å². The lowest BCUT2D eigenvalue weighted by atomic mass is 10.3. The number of hydrogen-bond acceptors (Lipinski definition) is 5. The Kier molecular flexibility index (Phi) is 4.68. The quantitative estimate of drug-likeness (QED) is 0.300. The van der Waals surface area contributed by atoms with Crippen molar-refractivity contribution in [2.75, 3.05) is 5.88 Å². The zero-order valence-corrected chi connectivity index (χ0v) is 11.5. The Morgan fingerprint density at radius 2 is 2.10 bits per heavy atom. The van der Waals surface area contributed by atoms with E-state index in [0.717, 1.165) is 0 Å². The number of pyridine rings is 1. The molecule has 0 saturated heterocycles. The predicted molar refractivity (Wildman–Crippen MR) is 79.4 cm³/mol. The molecule has 0 unspecified atom stereocenters. The van der Waals surface area contributed by atoms with Crippen molar-refractivity contribution in [3.8, 4) is 11.6 Å². The Bertz CT molecular complexity index is 673. The summed E-state index contributed by atoms with van der Waals surface area (Å²) < 4.78 is 5.40. The van der Waals surface area contributed by atoms with Crippen LogP contribution in [-0.4, -0.2) is 21.6 Å². The SMILES string of the molecule is NC(CCl)=Nc1ccc(Oc2ncccc2[N+](=O)[O-])cc1. The largest absolute Gasteiger partial charge is 0.434 e. The Balaban J connectivity index is 2.20. The molecule has 8 heteroatoms. The number of amidine groups is 1. The highest BCUT2D eigenvalue weighted by Gasteiger charge is 2.16.